The lowest BCUT2D eigenvalue weighted by atomic mass is 10.1. The molecule has 76 valence electrons. The average molecular weight is 221 g/mol. The highest BCUT2D eigenvalue weighted by molar-refractivity contribution is 6.19. The van der Waals surface area contributed by atoms with Gasteiger partial charge in [0.15, 0.2) is 0 Å². The fraction of sp³-hybridized carbons (Fsp3) is 0.636. The van der Waals surface area contributed by atoms with Gasteiger partial charge in [0.25, 0.3) is 0 Å². The Morgan fingerprint density at radius 3 is 1.46 bits per heavy atom. The van der Waals surface area contributed by atoms with Gasteiger partial charge < -0.3 is 0 Å². The SMILES string of the molecule is ClC/C=C/CCCCC/C=C/CCl. The van der Waals surface area contributed by atoms with Crippen LogP contribution in [0, 0.1) is 0 Å². The minimum Gasteiger partial charge on any atom is -0.122 e. The van der Waals surface area contributed by atoms with E-state index >= 15 is 0 Å². The lowest BCUT2D eigenvalue weighted by Gasteiger charge is -1.94. The maximum absolute atomic E-state index is 5.49. The van der Waals surface area contributed by atoms with E-state index in [0.717, 1.165) is 12.8 Å². The van der Waals surface area contributed by atoms with Crippen molar-refractivity contribution in [2.45, 2.75) is 32.1 Å². The minimum absolute atomic E-state index is 0.637. The number of alkyl halides is 2. The Labute approximate surface area is 91.6 Å². The van der Waals surface area contributed by atoms with Crippen molar-refractivity contribution in [1.82, 2.24) is 0 Å². The Morgan fingerprint density at radius 1 is 0.615 bits per heavy atom. The second-order valence-corrected chi connectivity index (χ2v) is 3.51. The van der Waals surface area contributed by atoms with E-state index in [1.54, 1.807) is 0 Å². The predicted molar refractivity (Wildman–Crippen MR) is 62.8 cm³/mol. The lowest BCUT2D eigenvalue weighted by molar-refractivity contribution is 0.695. The van der Waals surface area contributed by atoms with Crippen molar-refractivity contribution in [2.75, 3.05) is 11.8 Å². The van der Waals surface area contributed by atoms with Crippen molar-refractivity contribution in [1.29, 1.82) is 0 Å². The predicted octanol–water partition coefficient (Wildman–Crippen LogP) is 4.53. The molecule has 0 spiro atoms. The molecule has 0 nitrogen and oxygen atoms in total. The molecule has 0 heterocycles. The molecule has 0 aliphatic heterocycles. The molecule has 0 unspecified atom stereocenters. The summed E-state index contributed by atoms with van der Waals surface area (Å²) in [6.07, 6.45) is 14.5. The van der Waals surface area contributed by atoms with Gasteiger partial charge in [-0.3, -0.25) is 0 Å². The first kappa shape index (κ1) is 13.1. The Balaban J connectivity index is 2.99. The molecule has 0 aliphatic rings. The van der Waals surface area contributed by atoms with E-state index in [2.05, 4.69) is 12.2 Å². The highest BCUT2D eigenvalue weighted by Crippen LogP contribution is 2.04. The number of allylic oxidation sites excluding steroid dienone is 4. The smallest absolute Gasteiger partial charge is 0.0404 e. The van der Waals surface area contributed by atoms with Crippen LogP contribution >= 0.6 is 23.2 Å². The Bertz CT molecular complexity index is 123. The van der Waals surface area contributed by atoms with Crippen LogP contribution in [0.25, 0.3) is 0 Å². The summed E-state index contributed by atoms with van der Waals surface area (Å²) in [7, 11) is 0. The number of halogens is 2. The van der Waals surface area contributed by atoms with Gasteiger partial charge in [0.2, 0.25) is 0 Å². The highest BCUT2D eigenvalue weighted by atomic mass is 35.5. The standard InChI is InChI=1S/C11H18Cl2/c12-10-8-6-4-2-1-3-5-7-9-11-13/h6-9H,1-5,10-11H2/b8-6+,9-7+. The summed E-state index contributed by atoms with van der Waals surface area (Å²) in [6.45, 7) is 0. The van der Waals surface area contributed by atoms with Gasteiger partial charge in [0.1, 0.15) is 0 Å². The summed E-state index contributed by atoms with van der Waals surface area (Å²) < 4.78 is 0. The second kappa shape index (κ2) is 12.1. The van der Waals surface area contributed by atoms with E-state index in [-0.39, 0.29) is 0 Å². The van der Waals surface area contributed by atoms with E-state index in [1.165, 1.54) is 19.3 Å². The molecule has 0 rings (SSSR count). The maximum Gasteiger partial charge on any atom is 0.0404 e. The summed E-state index contributed by atoms with van der Waals surface area (Å²) in [6, 6.07) is 0. The van der Waals surface area contributed by atoms with Crippen LogP contribution in [-0.4, -0.2) is 11.8 Å². The summed E-state index contributed by atoms with van der Waals surface area (Å²) in [5.74, 6) is 1.27. The fourth-order valence-corrected chi connectivity index (χ4v) is 1.31. The minimum atomic E-state index is 0.637. The number of hydrogen-bond acceptors (Lipinski definition) is 0. The number of hydrogen-bond donors (Lipinski definition) is 0. The topological polar surface area (TPSA) is 0 Å². The largest absolute Gasteiger partial charge is 0.122 e. The first-order valence-corrected chi connectivity index (χ1v) is 5.90. The van der Waals surface area contributed by atoms with E-state index in [4.69, 9.17) is 23.2 Å². The van der Waals surface area contributed by atoms with Gasteiger partial charge in [0.05, 0.1) is 0 Å². The van der Waals surface area contributed by atoms with Gasteiger partial charge in [0, 0.05) is 11.8 Å². The Morgan fingerprint density at radius 2 is 1.08 bits per heavy atom. The number of rotatable bonds is 8. The van der Waals surface area contributed by atoms with E-state index in [0.29, 0.717) is 11.8 Å². The van der Waals surface area contributed by atoms with Crippen molar-refractivity contribution in [3.63, 3.8) is 0 Å². The number of unbranched alkanes of at least 4 members (excludes halogenated alkanes) is 4. The average Bonchev–Trinajstić information content (AvgIpc) is 2.16. The third kappa shape index (κ3) is 12.1. The molecule has 0 radical (unpaired) electrons. The van der Waals surface area contributed by atoms with Crippen LogP contribution in [0.4, 0.5) is 0 Å². The summed E-state index contributed by atoms with van der Waals surface area (Å²) >= 11 is 11.0. The van der Waals surface area contributed by atoms with E-state index in [9.17, 15) is 0 Å². The quantitative estimate of drug-likeness (QED) is 0.321. The summed E-state index contributed by atoms with van der Waals surface area (Å²) in [4.78, 5) is 0. The van der Waals surface area contributed by atoms with Gasteiger partial charge in [-0.2, -0.15) is 0 Å². The molecule has 0 atom stereocenters. The molecule has 0 aromatic rings. The second-order valence-electron chi connectivity index (χ2n) is 2.89. The van der Waals surface area contributed by atoms with E-state index < -0.39 is 0 Å². The third-order valence-corrected chi connectivity index (χ3v) is 2.11. The summed E-state index contributed by atoms with van der Waals surface area (Å²) in [5.41, 5.74) is 0. The molecular formula is C11H18Cl2. The van der Waals surface area contributed by atoms with Crippen molar-refractivity contribution >= 4 is 23.2 Å². The molecule has 0 bridgehead atoms. The molecule has 13 heavy (non-hydrogen) atoms. The van der Waals surface area contributed by atoms with Crippen LogP contribution in [0.1, 0.15) is 32.1 Å². The van der Waals surface area contributed by atoms with Crippen molar-refractivity contribution in [2.24, 2.45) is 0 Å². The monoisotopic (exact) mass is 220 g/mol. The molecule has 0 N–H and O–H groups in total. The zero-order valence-corrected chi connectivity index (χ0v) is 9.53. The fourth-order valence-electron chi connectivity index (χ4n) is 1.06. The molecule has 0 aromatic carbocycles. The molecular weight excluding hydrogens is 203 g/mol. The molecule has 2 heteroatoms. The molecule has 0 aliphatic carbocycles. The first-order chi connectivity index (χ1) is 6.41. The van der Waals surface area contributed by atoms with Gasteiger partial charge >= 0.3 is 0 Å². The van der Waals surface area contributed by atoms with E-state index in [1.807, 2.05) is 12.2 Å². The molecule has 0 fully saturated rings. The van der Waals surface area contributed by atoms with Gasteiger partial charge in [-0.05, 0) is 25.7 Å². The van der Waals surface area contributed by atoms with Crippen LogP contribution in [0.15, 0.2) is 24.3 Å². The lowest BCUT2D eigenvalue weighted by Crippen LogP contribution is -1.75. The Kier molecular flexibility index (Phi) is 12.1. The summed E-state index contributed by atoms with van der Waals surface area (Å²) in [5, 5.41) is 0. The maximum atomic E-state index is 5.49. The molecule has 0 amide bonds. The van der Waals surface area contributed by atoms with Crippen LogP contribution in [0.5, 0.6) is 0 Å². The normalized spacial score (nSPS) is 11.8. The van der Waals surface area contributed by atoms with Crippen molar-refractivity contribution < 1.29 is 0 Å². The Hall–Kier alpha value is 0.0600. The molecule has 0 aromatic heterocycles. The zero-order valence-electron chi connectivity index (χ0n) is 8.02. The third-order valence-electron chi connectivity index (χ3n) is 1.75. The van der Waals surface area contributed by atoms with Crippen LogP contribution in [0.3, 0.4) is 0 Å². The molecule has 0 saturated heterocycles. The first-order valence-electron chi connectivity index (χ1n) is 4.83. The van der Waals surface area contributed by atoms with Gasteiger partial charge in [-0.15, -0.1) is 23.2 Å². The van der Waals surface area contributed by atoms with Crippen LogP contribution in [-0.2, 0) is 0 Å². The van der Waals surface area contributed by atoms with Crippen LogP contribution in [0.2, 0.25) is 0 Å². The zero-order chi connectivity index (χ0) is 9.78. The van der Waals surface area contributed by atoms with Gasteiger partial charge in [-0.1, -0.05) is 30.7 Å². The van der Waals surface area contributed by atoms with Crippen molar-refractivity contribution in [3.8, 4) is 0 Å². The highest BCUT2D eigenvalue weighted by Gasteiger charge is 1.85. The van der Waals surface area contributed by atoms with Crippen molar-refractivity contribution in [3.05, 3.63) is 24.3 Å². The van der Waals surface area contributed by atoms with Crippen LogP contribution < -0.4 is 0 Å². The molecule has 0 saturated carbocycles. The van der Waals surface area contributed by atoms with Gasteiger partial charge in [-0.25, -0.2) is 0 Å².